The number of ether oxygens (including phenoxy) is 1. The Hall–Kier alpha value is -3.41. The van der Waals surface area contributed by atoms with Gasteiger partial charge in [-0.05, 0) is 36.4 Å². The molecule has 0 saturated carbocycles. The average molecular weight is 323 g/mol. The van der Waals surface area contributed by atoms with Crippen molar-refractivity contribution < 1.29 is 22.8 Å². The lowest BCUT2D eigenvalue weighted by atomic mass is 10.1. The molecule has 1 aliphatic heterocycles. The summed E-state index contributed by atoms with van der Waals surface area (Å²) < 4.78 is 29.5. The molecule has 3 heterocycles. The Morgan fingerprint density at radius 2 is 1.88 bits per heavy atom. The highest BCUT2D eigenvalue weighted by atomic mass is 19.1. The van der Waals surface area contributed by atoms with Crippen molar-refractivity contribution in [2.24, 2.45) is 4.99 Å². The van der Waals surface area contributed by atoms with Gasteiger partial charge in [0.05, 0.1) is 11.8 Å². The van der Waals surface area contributed by atoms with Crippen molar-refractivity contribution in [2.45, 2.75) is 0 Å². The molecule has 6 heteroatoms. The first-order chi connectivity index (χ1) is 11.7. The van der Waals surface area contributed by atoms with Crippen LogP contribution in [0.4, 0.5) is 4.39 Å². The lowest BCUT2D eigenvalue weighted by Gasteiger charge is -1.97. The predicted molar refractivity (Wildman–Crippen MR) is 83.4 cm³/mol. The number of carbonyl (C=O) groups is 1. The fraction of sp³-hybridized carbons (Fsp3) is 0. The molecule has 0 saturated heterocycles. The van der Waals surface area contributed by atoms with Gasteiger partial charge in [-0.15, -0.1) is 0 Å². The summed E-state index contributed by atoms with van der Waals surface area (Å²) in [6.45, 7) is 0. The number of cyclic esters (lactones) is 1. The first kappa shape index (κ1) is 14.2. The first-order valence-electron chi connectivity index (χ1n) is 7.12. The SMILES string of the molecule is O=C1OC(c2ccco2)=N/C1=C\c1ccc(-c2ccccc2F)o1. The second kappa shape index (κ2) is 5.66. The van der Waals surface area contributed by atoms with Crippen molar-refractivity contribution in [2.75, 3.05) is 0 Å². The zero-order valence-corrected chi connectivity index (χ0v) is 12.2. The maximum atomic E-state index is 13.8. The Morgan fingerprint density at radius 1 is 1.00 bits per heavy atom. The molecule has 0 amide bonds. The van der Waals surface area contributed by atoms with E-state index in [0.717, 1.165) is 0 Å². The number of benzene rings is 1. The van der Waals surface area contributed by atoms with E-state index in [2.05, 4.69) is 4.99 Å². The summed E-state index contributed by atoms with van der Waals surface area (Å²) in [6.07, 6.45) is 2.89. The quantitative estimate of drug-likeness (QED) is 0.539. The summed E-state index contributed by atoms with van der Waals surface area (Å²) >= 11 is 0. The van der Waals surface area contributed by atoms with Gasteiger partial charge in [0.25, 0.3) is 5.90 Å². The van der Waals surface area contributed by atoms with Crippen molar-refractivity contribution in [3.05, 3.63) is 77.8 Å². The van der Waals surface area contributed by atoms with Gasteiger partial charge in [0.2, 0.25) is 0 Å². The summed E-state index contributed by atoms with van der Waals surface area (Å²) in [4.78, 5) is 16.0. The molecule has 2 aromatic heterocycles. The Balaban J connectivity index is 1.65. The highest BCUT2D eigenvalue weighted by Gasteiger charge is 2.26. The second-order valence-electron chi connectivity index (χ2n) is 5.00. The number of nitrogens with zero attached hydrogens (tertiary/aromatic N) is 1. The van der Waals surface area contributed by atoms with Crippen molar-refractivity contribution in [3.8, 4) is 11.3 Å². The van der Waals surface area contributed by atoms with E-state index in [0.29, 0.717) is 22.8 Å². The van der Waals surface area contributed by atoms with Crippen molar-refractivity contribution >= 4 is 17.9 Å². The standard InChI is InChI=1S/C18H10FNO4/c19-13-5-2-1-4-12(13)15-8-7-11(23-15)10-14-18(21)24-17(20-14)16-6-3-9-22-16/h1-10H/b14-10-. The smallest absolute Gasteiger partial charge is 0.364 e. The van der Waals surface area contributed by atoms with Crippen molar-refractivity contribution in [1.29, 1.82) is 0 Å². The van der Waals surface area contributed by atoms with Gasteiger partial charge in [-0.25, -0.2) is 14.2 Å². The topological polar surface area (TPSA) is 64.9 Å². The van der Waals surface area contributed by atoms with E-state index >= 15 is 0 Å². The second-order valence-corrected chi connectivity index (χ2v) is 5.00. The van der Waals surface area contributed by atoms with Gasteiger partial charge in [0.1, 0.15) is 17.3 Å². The van der Waals surface area contributed by atoms with Gasteiger partial charge in [-0.1, -0.05) is 12.1 Å². The third-order valence-electron chi connectivity index (χ3n) is 3.40. The monoisotopic (exact) mass is 323 g/mol. The van der Waals surface area contributed by atoms with E-state index in [1.807, 2.05) is 0 Å². The van der Waals surface area contributed by atoms with Crippen LogP contribution in [-0.2, 0) is 9.53 Å². The molecule has 0 unspecified atom stereocenters. The summed E-state index contributed by atoms with van der Waals surface area (Å²) in [6, 6.07) is 12.8. The molecule has 118 valence electrons. The molecular formula is C18H10FNO4. The van der Waals surface area contributed by atoms with Crippen LogP contribution in [0.2, 0.25) is 0 Å². The van der Waals surface area contributed by atoms with Crippen LogP contribution in [0, 0.1) is 5.82 Å². The maximum Gasteiger partial charge on any atom is 0.364 e. The van der Waals surface area contributed by atoms with Crippen LogP contribution >= 0.6 is 0 Å². The fourth-order valence-corrected chi connectivity index (χ4v) is 2.29. The number of halogens is 1. The number of esters is 1. The number of carbonyl (C=O) groups excluding carboxylic acids is 1. The number of rotatable bonds is 3. The Morgan fingerprint density at radius 3 is 2.67 bits per heavy atom. The van der Waals surface area contributed by atoms with Crippen LogP contribution in [-0.4, -0.2) is 11.9 Å². The molecule has 24 heavy (non-hydrogen) atoms. The summed E-state index contributed by atoms with van der Waals surface area (Å²) in [5.74, 6) is 0.191. The highest BCUT2D eigenvalue weighted by Crippen LogP contribution is 2.27. The van der Waals surface area contributed by atoms with Crippen molar-refractivity contribution in [1.82, 2.24) is 0 Å². The minimum Gasteiger partial charge on any atom is -0.459 e. The van der Waals surface area contributed by atoms with Crippen LogP contribution in [0.5, 0.6) is 0 Å². The van der Waals surface area contributed by atoms with Crippen LogP contribution in [0.25, 0.3) is 17.4 Å². The minimum atomic E-state index is -0.606. The average Bonchev–Trinajstić information content (AvgIpc) is 3.30. The summed E-state index contributed by atoms with van der Waals surface area (Å²) in [5.41, 5.74) is 0.423. The Labute approximate surface area is 135 Å². The van der Waals surface area contributed by atoms with Gasteiger partial charge in [0.15, 0.2) is 11.5 Å². The van der Waals surface area contributed by atoms with Crippen LogP contribution < -0.4 is 0 Å². The van der Waals surface area contributed by atoms with Gasteiger partial charge in [-0.3, -0.25) is 0 Å². The van der Waals surface area contributed by atoms with Crippen LogP contribution in [0.3, 0.4) is 0 Å². The summed E-state index contributed by atoms with van der Waals surface area (Å²) in [5, 5.41) is 0. The third-order valence-corrected chi connectivity index (χ3v) is 3.40. The number of furan rings is 2. The molecule has 0 N–H and O–H groups in total. The lowest BCUT2D eigenvalue weighted by molar-refractivity contribution is -0.130. The van der Waals surface area contributed by atoms with Crippen LogP contribution in [0.1, 0.15) is 11.5 Å². The molecule has 0 spiro atoms. The van der Waals surface area contributed by atoms with Gasteiger partial charge >= 0.3 is 5.97 Å². The van der Waals surface area contributed by atoms with Gasteiger partial charge in [0, 0.05) is 6.08 Å². The maximum absolute atomic E-state index is 13.8. The molecule has 0 bridgehead atoms. The molecule has 1 aliphatic rings. The van der Waals surface area contributed by atoms with Crippen LogP contribution in [0.15, 0.2) is 74.3 Å². The summed E-state index contributed by atoms with van der Waals surface area (Å²) in [7, 11) is 0. The molecule has 0 radical (unpaired) electrons. The molecule has 4 rings (SSSR count). The number of hydrogen-bond acceptors (Lipinski definition) is 5. The minimum absolute atomic E-state index is 0.0795. The van der Waals surface area contributed by atoms with Gasteiger partial charge < -0.3 is 13.6 Å². The predicted octanol–water partition coefficient (Wildman–Crippen LogP) is 4.02. The molecule has 5 nitrogen and oxygen atoms in total. The zero-order chi connectivity index (χ0) is 16.5. The third kappa shape index (κ3) is 2.54. The van der Waals surface area contributed by atoms with E-state index in [-0.39, 0.29) is 17.4 Å². The first-order valence-corrected chi connectivity index (χ1v) is 7.12. The highest BCUT2D eigenvalue weighted by molar-refractivity contribution is 6.11. The number of hydrogen-bond donors (Lipinski definition) is 0. The molecule has 0 fully saturated rings. The van der Waals surface area contributed by atoms with Crippen molar-refractivity contribution in [3.63, 3.8) is 0 Å². The Kier molecular flexibility index (Phi) is 3.35. The normalized spacial score (nSPS) is 15.6. The molecule has 1 aromatic carbocycles. The molecule has 0 atom stereocenters. The lowest BCUT2D eigenvalue weighted by Crippen LogP contribution is -2.04. The molecule has 3 aromatic rings. The van der Waals surface area contributed by atoms with E-state index < -0.39 is 5.97 Å². The fourth-order valence-electron chi connectivity index (χ4n) is 2.29. The molecule has 0 aliphatic carbocycles. The van der Waals surface area contributed by atoms with E-state index in [1.54, 1.807) is 42.5 Å². The molecular weight excluding hydrogens is 313 g/mol. The van der Waals surface area contributed by atoms with E-state index in [9.17, 15) is 9.18 Å². The number of aliphatic imine (C=N–C) groups is 1. The Bertz CT molecular complexity index is 967. The zero-order valence-electron chi connectivity index (χ0n) is 12.2. The largest absolute Gasteiger partial charge is 0.459 e. The van der Waals surface area contributed by atoms with E-state index in [4.69, 9.17) is 13.6 Å². The van der Waals surface area contributed by atoms with E-state index in [1.165, 1.54) is 18.4 Å². The van der Waals surface area contributed by atoms with Gasteiger partial charge in [-0.2, -0.15) is 0 Å².